The van der Waals surface area contributed by atoms with E-state index in [0.717, 1.165) is 0 Å². The molecule has 0 aliphatic carbocycles. The maximum Gasteiger partial charge on any atom is 0.557 e. The Hall–Kier alpha value is -0.585. The van der Waals surface area contributed by atoms with Gasteiger partial charge in [-0.25, -0.2) is 5.82 Å². The second-order valence-electron chi connectivity index (χ2n) is 1.25. The van der Waals surface area contributed by atoms with E-state index >= 15 is 0 Å². The normalized spacial score (nSPS) is 10.0. The highest BCUT2D eigenvalue weighted by Crippen LogP contribution is 2.04. The average molecular weight is 121 g/mol. The van der Waals surface area contributed by atoms with Crippen molar-refractivity contribution in [2.24, 2.45) is 0 Å². The zero-order valence-electron chi connectivity index (χ0n) is 4.42. The van der Waals surface area contributed by atoms with Crippen molar-refractivity contribution in [3.63, 3.8) is 0 Å². The van der Waals surface area contributed by atoms with Gasteiger partial charge in [-0.1, -0.05) is 6.92 Å². The maximum atomic E-state index is 11.1. The predicted octanol–water partition coefficient (Wildman–Crippen LogP) is 1.79. The molecular formula is C4H5BF3-. The van der Waals surface area contributed by atoms with Crippen LogP contribution in [0.4, 0.5) is 12.9 Å². The minimum atomic E-state index is -4.86. The van der Waals surface area contributed by atoms with Crippen LogP contribution in [0.1, 0.15) is 13.3 Å². The zero-order valence-corrected chi connectivity index (χ0v) is 4.42. The highest BCUT2D eigenvalue weighted by molar-refractivity contribution is 6.67. The molecule has 0 saturated carbocycles. The van der Waals surface area contributed by atoms with Gasteiger partial charge in [-0.3, -0.25) is 0 Å². The summed E-state index contributed by atoms with van der Waals surface area (Å²) < 4.78 is 33.4. The number of hydrogen-bond acceptors (Lipinski definition) is 0. The quantitative estimate of drug-likeness (QED) is 0.338. The monoisotopic (exact) mass is 121 g/mol. The fourth-order valence-electron chi connectivity index (χ4n) is 0.218. The number of rotatable bonds is 0. The van der Waals surface area contributed by atoms with E-state index in [4.69, 9.17) is 0 Å². The Morgan fingerprint density at radius 1 is 1.38 bits per heavy atom. The molecule has 0 fully saturated rings. The standard InChI is InChI=1S/C4H5BF3/c1-2-3-4-5(6,7)8/h2H2,1H3/q-1. The minimum absolute atomic E-state index is 0.265. The van der Waals surface area contributed by atoms with E-state index in [9.17, 15) is 12.9 Å². The molecule has 0 aliphatic heterocycles. The lowest BCUT2D eigenvalue weighted by Crippen LogP contribution is -2.10. The van der Waals surface area contributed by atoms with Crippen molar-refractivity contribution < 1.29 is 12.9 Å². The summed E-state index contributed by atoms with van der Waals surface area (Å²) in [5.41, 5.74) is 0. The molecule has 0 radical (unpaired) electrons. The summed E-state index contributed by atoms with van der Waals surface area (Å²) in [5.74, 6) is 3.12. The SMILES string of the molecule is CCC#C[B-](F)(F)F. The van der Waals surface area contributed by atoms with E-state index in [1.165, 1.54) is 5.82 Å². The Bertz CT molecular complexity index is 115. The van der Waals surface area contributed by atoms with Gasteiger partial charge < -0.3 is 12.9 Å². The Balaban J connectivity index is 3.69. The van der Waals surface area contributed by atoms with E-state index in [-0.39, 0.29) is 6.42 Å². The third-order valence-corrected chi connectivity index (χ3v) is 0.443. The first-order valence-electron chi connectivity index (χ1n) is 2.25. The van der Waals surface area contributed by atoms with Gasteiger partial charge >= 0.3 is 6.98 Å². The Morgan fingerprint density at radius 3 is 2.00 bits per heavy atom. The molecule has 0 amide bonds. The van der Waals surface area contributed by atoms with E-state index in [0.29, 0.717) is 0 Å². The van der Waals surface area contributed by atoms with E-state index in [1.54, 1.807) is 6.92 Å². The summed E-state index contributed by atoms with van der Waals surface area (Å²) in [7, 11) is 0. The first kappa shape index (κ1) is 7.41. The predicted molar refractivity (Wildman–Crippen MR) is 27.1 cm³/mol. The van der Waals surface area contributed by atoms with Gasteiger partial charge in [0.1, 0.15) is 0 Å². The molecule has 0 aliphatic rings. The topological polar surface area (TPSA) is 0 Å². The summed E-state index contributed by atoms with van der Waals surface area (Å²) in [6.07, 6.45) is 0.265. The minimum Gasteiger partial charge on any atom is -0.438 e. The van der Waals surface area contributed by atoms with Crippen molar-refractivity contribution in [1.29, 1.82) is 0 Å². The summed E-state index contributed by atoms with van der Waals surface area (Å²) >= 11 is 0. The fourth-order valence-corrected chi connectivity index (χ4v) is 0.218. The Kier molecular flexibility index (Phi) is 2.46. The lowest BCUT2D eigenvalue weighted by Gasteiger charge is -2.01. The molecule has 0 N–H and O–H groups in total. The second-order valence-corrected chi connectivity index (χ2v) is 1.25. The highest BCUT2D eigenvalue weighted by Gasteiger charge is 2.17. The van der Waals surface area contributed by atoms with E-state index in [1.807, 2.05) is 5.92 Å². The van der Waals surface area contributed by atoms with Crippen LogP contribution in [0.2, 0.25) is 0 Å². The number of hydrogen-bond donors (Lipinski definition) is 0. The third kappa shape index (κ3) is 5.41. The van der Waals surface area contributed by atoms with Crippen molar-refractivity contribution in [2.75, 3.05) is 0 Å². The summed E-state index contributed by atoms with van der Waals surface area (Å²) in [5, 5.41) is 0. The first-order chi connectivity index (χ1) is 3.56. The molecule has 0 unspecified atom stereocenters. The summed E-state index contributed by atoms with van der Waals surface area (Å²) in [4.78, 5) is 0. The van der Waals surface area contributed by atoms with Gasteiger partial charge in [0.2, 0.25) is 0 Å². The molecule has 0 spiro atoms. The van der Waals surface area contributed by atoms with Crippen LogP contribution >= 0.6 is 0 Å². The third-order valence-electron chi connectivity index (χ3n) is 0.443. The molecule has 0 aromatic carbocycles. The smallest absolute Gasteiger partial charge is 0.438 e. The van der Waals surface area contributed by atoms with Crippen LogP contribution in [0.5, 0.6) is 0 Å². The van der Waals surface area contributed by atoms with Crippen molar-refractivity contribution >= 4 is 6.98 Å². The molecule has 0 aromatic rings. The molecule has 0 rings (SSSR count). The molecule has 0 saturated heterocycles. The van der Waals surface area contributed by atoms with Crippen LogP contribution in [0.3, 0.4) is 0 Å². The maximum absolute atomic E-state index is 11.1. The molecule has 0 bridgehead atoms. The lowest BCUT2D eigenvalue weighted by atomic mass is 9.94. The molecule has 0 aromatic heterocycles. The zero-order chi connectivity index (χ0) is 6.62. The highest BCUT2D eigenvalue weighted by atomic mass is 19.4. The largest absolute Gasteiger partial charge is 0.557 e. The molecule has 46 valence electrons. The number of halogens is 3. The van der Waals surface area contributed by atoms with Gasteiger partial charge in [0.05, 0.1) is 0 Å². The van der Waals surface area contributed by atoms with Crippen molar-refractivity contribution in [2.45, 2.75) is 13.3 Å². The van der Waals surface area contributed by atoms with Crippen LogP contribution in [0.15, 0.2) is 0 Å². The van der Waals surface area contributed by atoms with Crippen LogP contribution < -0.4 is 0 Å². The van der Waals surface area contributed by atoms with Crippen LogP contribution in [0.25, 0.3) is 0 Å². The second kappa shape index (κ2) is 2.66. The molecule has 0 heterocycles. The van der Waals surface area contributed by atoms with E-state index in [2.05, 4.69) is 0 Å². The summed E-state index contributed by atoms with van der Waals surface area (Å²) in [6, 6.07) is 0. The molecule has 0 nitrogen and oxygen atoms in total. The van der Waals surface area contributed by atoms with Crippen LogP contribution in [-0.2, 0) is 0 Å². The van der Waals surface area contributed by atoms with Gasteiger partial charge in [0.25, 0.3) is 0 Å². The molecule has 8 heavy (non-hydrogen) atoms. The van der Waals surface area contributed by atoms with Crippen molar-refractivity contribution in [1.82, 2.24) is 0 Å². The molecule has 0 atom stereocenters. The average Bonchev–Trinajstić information content (AvgIpc) is 1.59. The summed E-state index contributed by atoms with van der Waals surface area (Å²) in [6.45, 7) is -3.28. The van der Waals surface area contributed by atoms with Crippen molar-refractivity contribution in [3.05, 3.63) is 0 Å². The van der Waals surface area contributed by atoms with Gasteiger partial charge in [-0.2, -0.15) is 0 Å². The first-order valence-corrected chi connectivity index (χ1v) is 2.25. The fraction of sp³-hybridized carbons (Fsp3) is 0.500. The lowest BCUT2D eigenvalue weighted by molar-refractivity contribution is 0.504. The van der Waals surface area contributed by atoms with E-state index < -0.39 is 6.98 Å². The Labute approximate surface area is 46.1 Å². The van der Waals surface area contributed by atoms with Gasteiger partial charge in [-0.05, 0) is 0 Å². The van der Waals surface area contributed by atoms with Crippen LogP contribution in [0, 0.1) is 11.7 Å². The van der Waals surface area contributed by atoms with Gasteiger partial charge in [0.15, 0.2) is 0 Å². The van der Waals surface area contributed by atoms with Crippen LogP contribution in [-0.4, -0.2) is 6.98 Å². The Morgan fingerprint density at radius 2 is 1.88 bits per heavy atom. The van der Waals surface area contributed by atoms with Crippen molar-refractivity contribution in [3.8, 4) is 11.7 Å². The van der Waals surface area contributed by atoms with Gasteiger partial charge in [-0.15, -0.1) is 5.92 Å². The molecular weight excluding hydrogens is 116 g/mol. The molecule has 4 heteroatoms. The van der Waals surface area contributed by atoms with Gasteiger partial charge in [0, 0.05) is 6.42 Å².